The van der Waals surface area contributed by atoms with Gasteiger partial charge in [0.25, 0.3) is 0 Å². The van der Waals surface area contributed by atoms with Crippen molar-refractivity contribution in [3.63, 3.8) is 0 Å². The van der Waals surface area contributed by atoms with Gasteiger partial charge in [-0.3, -0.25) is 4.79 Å². The van der Waals surface area contributed by atoms with Gasteiger partial charge in [0.2, 0.25) is 0 Å². The summed E-state index contributed by atoms with van der Waals surface area (Å²) < 4.78 is 5.36. The molecule has 0 aromatic carbocycles. The van der Waals surface area contributed by atoms with Crippen LogP contribution >= 0.6 is 27.7 Å². The first-order valence-electron chi connectivity index (χ1n) is 3.89. The molecule has 0 aliphatic carbocycles. The fraction of sp³-hybridized carbons (Fsp3) is 0.375. The highest BCUT2D eigenvalue weighted by atomic mass is 79.9. The molecule has 0 saturated heterocycles. The second kappa shape index (κ2) is 5.98. The van der Waals surface area contributed by atoms with Crippen LogP contribution in [0.2, 0.25) is 0 Å². The molecule has 0 saturated carbocycles. The SMILES string of the molecule is COC(=O)CCSc1ncncc1Br. The first kappa shape index (κ1) is 11.5. The predicted molar refractivity (Wildman–Crippen MR) is 57.1 cm³/mol. The Morgan fingerprint density at radius 3 is 3.14 bits per heavy atom. The number of nitrogens with zero attached hydrogens (tertiary/aromatic N) is 2. The number of thioether (sulfide) groups is 1. The summed E-state index contributed by atoms with van der Waals surface area (Å²) in [6.07, 6.45) is 3.54. The van der Waals surface area contributed by atoms with Crippen LogP contribution in [0.1, 0.15) is 6.42 Å². The van der Waals surface area contributed by atoms with E-state index in [4.69, 9.17) is 0 Å². The molecule has 0 spiro atoms. The molecule has 1 rings (SSSR count). The average Bonchev–Trinajstić information content (AvgIpc) is 2.20. The monoisotopic (exact) mass is 276 g/mol. The van der Waals surface area contributed by atoms with E-state index in [-0.39, 0.29) is 5.97 Å². The Morgan fingerprint density at radius 1 is 1.71 bits per heavy atom. The minimum atomic E-state index is -0.206. The van der Waals surface area contributed by atoms with E-state index >= 15 is 0 Å². The van der Waals surface area contributed by atoms with Gasteiger partial charge in [0.05, 0.1) is 18.0 Å². The van der Waals surface area contributed by atoms with Crippen molar-refractivity contribution in [2.24, 2.45) is 0 Å². The van der Waals surface area contributed by atoms with Gasteiger partial charge < -0.3 is 4.74 Å². The summed E-state index contributed by atoms with van der Waals surface area (Å²) in [5, 5.41) is 0.837. The van der Waals surface area contributed by atoms with E-state index in [1.165, 1.54) is 25.2 Å². The van der Waals surface area contributed by atoms with Crippen LogP contribution in [0, 0.1) is 0 Å². The number of carbonyl (C=O) groups is 1. The van der Waals surface area contributed by atoms with Crippen molar-refractivity contribution in [2.45, 2.75) is 11.4 Å². The lowest BCUT2D eigenvalue weighted by Gasteiger charge is -2.01. The van der Waals surface area contributed by atoms with Crippen LogP contribution in [-0.2, 0) is 9.53 Å². The maximum Gasteiger partial charge on any atom is 0.306 e. The van der Waals surface area contributed by atoms with Gasteiger partial charge >= 0.3 is 5.97 Å². The van der Waals surface area contributed by atoms with Gasteiger partial charge in [-0.25, -0.2) is 9.97 Å². The van der Waals surface area contributed by atoms with Gasteiger partial charge in [-0.05, 0) is 15.9 Å². The zero-order valence-corrected chi connectivity index (χ0v) is 9.97. The van der Waals surface area contributed by atoms with Crippen molar-refractivity contribution >= 4 is 33.7 Å². The van der Waals surface area contributed by atoms with Crippen LogP contribution in [0.5, 0.6) is 0 Å². The van der Waals surface area contributed by atoms with Gasteiger partial charge in [-0.1, -0.05) is 0 Å². The summed E-state index contributed by atoms with van der Waals surface area (Å²) in [4.78, 5) is 18.7. The van der Waals surface area contributed by atoms with Gasteiger partial charge in [0.1, 0.15) is 11.4 Å². The molecule has 6 heteroatoms. The highest BCUT2D eigenvalue weighted by molar-refractivity contribution is 9.10. The summed E-state index contributed by atoms with van der Waals surface area (Å²) >= 11 is 4.81. The number of esters is 1. The Hall–Kier alpha value is -0.620. The maximum absolute atomic E-state index is 10.8. The van der Waals surface area contributed by atoms with Gasteiger partial charge in [-0.15, -0.1) is 11.8 Å². The molecule has 14 heavy (non-hydrogen) atoms. The van der Waals surface area contributed by atoms with Crippen LogP contribution < -0.4 is 0 Å². The first-order valence-corrected chi connectivity index (χ1v) is 5.67. The summed E-state index contributed by atoms with van der Waals surface area (Å²) in [5.41, 5.74) is 0. The molecular formula is C8H9BrN2O2S. The van der Waals surface area contributed by atoms with Gasteiger partial charge in [0, 0.05) is 11.9 Å². The number of hydrogen-bond donors (Lipinski definition) is 0. The Balaban J connectivity index is 2.39. The summed E-state index contributed by atoms with van der Waals surface area (Å²) in [6.45, 7) is 0. The van der Waals surface area contributed by atoms with Gasteiger partial charge in [0.15, 0.2) is 0 Å². The van der Waals surface area contributed by atoms with E-state index < -0.39 is 0 Å². The van der Waals surface area contributed by atoms with Crippen molar-refractivity contribution in [2.75, 3.05) is 12.9 Å². The number of ether oxygens (including phenoxy) is 1. The van der Waals surface area contributed by atoms with Crippen LogP contribution in [0.3, 0.4) is 0 Å². The molecule has 0 atom stereocenters. The summed E-state index contributed by atoms with van der Waals surface area (Å²) in [6, 6.07) is 0. The third-order valence-corrected chi connectivity index (χ3v) is 3.26. The van der Waals surface area contributed by atoms with Gasteiger partial charge in [-0.2, -0.15) is 0 Å². The molecule has 0 N–H and O–H groups in total. The van der Waals surface area contributed by atoms with Crippen LogP contribution in [0.15, 0.2) is 22.0 Å². The van der Waals surface area contributed by atoms with E-state index in [1.54, 1.807) is 6.20 Å². The van der Waals surface area contributed by atoms with E-state index in [0.717, 1.165) is 9.50 Å². The average molecular weight is 277 g/mol. The first-order chi connectivity index (χ1) is 6.74. The van der Waals surface area contributed by atoms with Crippen molar-refractivity contribution in [3.8, 4) is 0 Å². The lowest BCUT2D eigenvalue weighted by Crippen LogP contribution is -2.01. The molecule has 76 valence electrons. The second-order valence-electron chi connectivity index (χ2n) is 2.35. The molecule has 1 heterocycles. The number of carbonyl (C=O) groups excluding carboxylic acids is 1. The number of hydrogen-bond acceptors (Lipinski definition) is 5. The summed E-state index contributed by atoms with van der Waals surface area (Å²) in [7, 11) is 1.38. The lowest BCUT2D eigenvalue weighted by atomic mass is 10.5. The van der Waals surface area contributed by atoms with Crippen molar-refractivity contribution < 1.29 is 9.53 Å². The van der Waals surface area contributed by atoms with Crippen LogP contribution in [-0.4, -0.2) is 28.8 Å². The molecular weight excluding hydrogens is 268 g/mol. The standard InChI is InChI=1S/C8H9BrN2O2S/c1-13-7(12)2-3-14-8-6(9)4-10-5-11-8/h4-5H,2-3H2,1H3. The Morgan fingerprint density at radius 2 is 2.50 bits per heavy atom. The Bertz CT molecular complexity index is 322. The van der Waals surface area contributed by atoms with E-state index in [0.29, 0.717) is 12.2 Å². The molecule has 0 radical (unpaired) electrons. The normalized spacial score (nSPS) is 9.86. The second-order valence-corrected chi connectivity index (χ2v) is 4.29. The fourth-order valence-corrected chi connectivity index (χ4v) is 2.08. The van der Waals surface area contributed by atoms with E-state index in [2.05, 4.69) is 30.6 Å². The van der Waals surface area contributed by atoms with E-state index in [9.17, 15) is 4.79 Å². The number of aromatic nitrogens is 2. The maximum atomic E-state index is 10.8. The zero-order valence-electron chi connectivity index (χ0n) is 7.57. The van der Waals surface area contributed by atoms with E-state index in [1.807, 2.05) is 0 Å². The zero-order chi connectivity index (χ0) is 10.4. The molecule has 0 aliphatic rings. The predicted octanol–water partition coefficient (Wildman–Crippen LogP) is 1.89. The molecule has 0 amide bonds. The number of rotatable bonds is 4. The smallest absolute Gasteiger partial charge is 0.306 e. The molecule has 1 aromatic heterocycles. The van der Waals surface area contributed by atoms with Crippen molar-refractivity contribution in [1.82, 2.24) is 9.97 Å². The van der Waals surface area contributed by atoms with Crippen LogP contribution in [0.4, 0.5) is 0 Å². The lowest BCUT2D eigenvalue weighted by molar-refractivity contribution is -0.140. The quantitative estimate of drug-likeness (QED) is 0.478. The highest BCUT2D eigenvalue weighted by Gasteiger charge is 2.04. The molecule has 1 aromatic rings. The third-order valence-electron chi connectivity index (χ3n) is 1.41. The Labute approximate surface area is 94.6 Å². The van der Waals surface area contributed by atoms with Crippen molar-refractivity contribution in [3.05, 3.63) is 17.0 Å². The van der Waals surface area contributed by atoms with Crippen molar-refractivity contribution in [1.29, 1.82) is 0 Å². The highest BCUT2D eigenvalue weighted by Crippen LogP contribution is 2.24. The number of methoxy groups -OCH3 is 1. The molecule has 0 fully saturated rings. The number of halogens is 1. The Kier molecular flexibility index (Phi) is 4.89. The molecule has 0 bridgehead atoms. The molecule has 0 unspecified atom stereocenters. The topological polar surface area (TPSA) is 52.1 Å². The minimum absolute atomic E-state index is 0.206. The largest absolute Gasteiger partial charge is 0.469 e. The minimum Gasteiger partial charge on any atom is -0.469 e. The van der Waals surface area contributed by atoms with Crippen LogP contribution in [0.25, 0.3) is 0 Å². The summed E-state index contributed by atoms with van der Waals surface area (Å²) in [5.74, 6) is 0.449. The third kappa shape index (κ3) is 3.63. The molecule has 4 nitrogen and oxygen atoms in total. The molecule has 0 aliphatic heterocycles. The fourth-order valence-electron chi connectivity index (χ4n) is 0.741.